The SMILES string of the molecule is COc1c(Br)cc(N=C=O)cc1C(C)C. The van der Waals surface area contributed by atoms with Crippen LogP contribution < -0.4 is 4.74 Å². The maximum Gasteiger partial charge on any atom is 0.240 e. The van der Waals surface area contributed by atoms with Crippen molar-refractivity contribution >= 4 is 27.7 Å². The van der Waals surface area contributed by atoms with Crippen molar-refractivity contribution < 1.29 is 9.53 Å². The van der Waals surface area contributed by atoms with E-state index in [1.165, 1.54) is 6.08 Å². The molecule has 0 N–H and O–H groups in total. The first-order valence-corrected chi connectivity index (χ1v) is 5.34. The van der Waals surface area contributed by atoms with Gasteiger partial charge in [-0.15, -0.1) is 0 Å². The summed E-state index contributed by atoms with van der Waals surface area (Å²) in [5.41, 5.74) is 1.60. The molecule has 1 rings (SSSR count). The van der Waals surface area contributed by atoms with Crippen molar-refractivity contribution in [2.75, 3.05) is 7.11 Å². The molecule has 0 unspecified atom stereocenters. The van der Waals surface area contributed by atoms with E-state index < -0.39 is 0 Å². The van der Waals surface area contributed by atoms with Crippen LogP contribution in [0.2, 0.25) is 0 Å². The number of benzene rings is 1. The second-order valence-corrected chi connectivity index (χ2v) is 4.26. The van der Waals surface area contributed by atoms with Crippen molar-refractivity contribution in [2.24, 2.45) is 4.99 Å². The first-order chi connectivity index (χ1) is 7.10. The fourth-order valence-electron chi connectivity index (χ4n) is 1.36. The van der Waals surface area contributed by atoms with Crippen LogP contribution in [-0.4, -0.2) is 13.2 Å². The van der Waals surface area contributed by atoms with Crippen molar-refractivity contribution in [1.29, 1.82) is 0 Å². The number of ether oxygens (including phenoxy) is 1. The van der Waals surface area contributed by atoms with Crippen LogP contribution in [0.4, 0.5) is 5.69 Å². The van der Waals surface area contributed by atoms with Crippen LogP contribution in [0.3, 0.4) is 0 Å². The molecule has 1 aromatic rings. The molecule has 4 heteroatoms. The lowest BCUT2D eigenvalue weighted by molar-refractivity contribution is 0.405. The maximum absolute atomic E-state index is 10.2. The smallest absolute Gasteiger partial charge is 0.240 e. The number of rotatable bonds is 3. The molecule has 0 aliphatic rings. The highest BCUT2D eigenvalue weighted by Crippen LogP contribution is 2.37. The van der Waals surface area contributed by atoms with Gasteiger partial charge in [-0.1, -0.05) is 13.8 Å². The van der Waals surface area contributed by atoms with E-state index in [0.29, 0.717) is 11.6 Å². The molecular weight excluding hydrogens is 258 g/mol. The Morgan fingerprint density at radius 2 is 2.13 bits per heavy atom. The summed E-state index contributed by atoms with van der Waals surface area (Å²) in [5, 5.41) is 0. The van der Waals surface area contributed by atoms with Gasteiger partial charge in [-0.25, -0.2) is 4.79 Å². The molecule has 0 aliphatic heterocycles. The van der Waals surface area contributed by atoms with E-state index >= 15 is 0 Å². The number of nitrogens with zero attached hydrogens (tertiary/aromatic N) is 1. The van der Waals surface area contributed by atoms with Crippen LogP contribution >= 0.6 is 15.9 Å². The topological polar surface area (TPSA) is 38.7 Å². The number of carbonyl (C=O) groups excluding carboxylic acids is 1. The zero-order valence-electron chi connectivity index (χ0n) is 8.87. The van der Waals surface area contributed by atoms with Gasteiger partial charge in [0.05, 0.1) is 17.3 Å². The molecule has 1 aromatic carbocycles. The molecule has 0 fully saturated rings. The van der Waals surface area contributed by atoms with Crippen LogP contribution in [0.5, 0.6) is 5.75 Å². The van der Waals surface area contributed by atoms with Crippen molar-refractivity contribution in [1.82, 2.24) is 0 Å². The summed E-state index contributed by atoms with van der Waals surface area (Å²) in [4.78, 5) is 13.8. The van der Waals surface area contributed by atoms with Gasteiger partial charge < -0.3 is 4.74 Å². The van der Waals surface area contributed by atoms with Crippen molar-refractivity contribution in [2.45, 2.75) is 19.8 Å². The highest BCUT2D eigenvalue weighted by atomic mass is 79.9. The standard InChI is InChI=1S/C11H12BrNO2/c1-7(2)9-4-8(13-6-14)5-10(12)11(9)15-3/h4-5,7H,1-3H3. The minimum absolute atomic E-state index is 0.304. The highest BCUT2D eigenvalue weighted by Gasteiger charge is 2.12. The lowest BCUT2D eigenvalue weighted by Gasteiger charge is -2.13. The van der Waals surface area contributed by atoms with Gasteiger partial charge in [0.2, 0.25) is 6.08 Å². The van der Waals surface area contributed by atoms with Crippen LogP contribution in [-0.2, 0) is 4.79 Å². The van der Waals surface area contributed by atoms with E-state index in [9.17, 15) is 4.79 Å². The average molecular weight is 270 g/mol. The fraction of sp³-hybridized carbons (Fsp3) is 0.364. The number of hydrogen-bond acceptors (Lipinski definition) is 3. The predicted octanol–water partition coefficient (Wildman–Crippen LogP) is 3.55. The number of hydrogen-bond donors (Lipinski definition) is 0. The average Bonchev–Trinajstić information content (AvgIpc) is 2.17. The van der Waals surface area contributed by atoms with Gasteiger partial charge in [-0.3, -0.25) is 0 Å². The Hall–Kier alpha value is -1.12. The van der Waals surface area contributed by atoms with E-state index in [1.54, 1.807) is 13.2 Å². The molecule has 0 saturated carbocycles. The Labute approximate surface area is 97.3 Å². The third-order valence-corrected chi connectivity index (χ3v) is 2.65. The molecule has 0 aliphatic carbocycles. The van der Waals surface area contributed by atoms with Crippen molar-refractivity contribution in [3.05, 3.63) is 22.2 Å². The van der Waals surface area contributed by atoms with Crippen molar-refractivity contribution in [3.8, 4) is 5.75 Å². The summed E-state index contributed by atoms with van der Waals surface area (Å²) in [5.74, 6) is 1.09. The molecule has 0 atom stereocenters. The van der Waals surface area contributed by atoms with E-state index in [1.807, 2.05) is 6.07 Å². The van der Waals surface area contributed by atoms with E-state index in [0.717, 1.165) is 15.8 Å². The first kappa shape index (κ1) is 12.0. The van der Waals surface area contributed by atoms with Crippen LogP contribution in [0.15, 0.2) is 21.6 Å². The number of aliphatic imine (C=N–C) groups is 1. The zero-order chi connectivity index (χ0) is 11.4. The van der Waals surface area contributed by atoms with Gasteiger partial charge in [-0.05, 0) is 39.5 Å². The molecule has 0 aromatic heterocycles. The number of halogens is 1. The Balaban J connectivity index is 3.38. The lowest BCUT2D eigenvalue weighted by Crippen LogP contribution is -1.95. The molecule has 0 spiro atoms. The minimum Gasteiger partial charge on any atom is -0.495 e. The van der Waals surface area contributed by atoms with E-state index in [4.69, 9.17) is 4.74 Å². The summed E-state index contributed by atoms with van der Waals surface area (Å²) in [6.07, 6.45) is 1.53. The maximum atomic E-state index is 10.2. The van der Waals surface area contributed by atoms with Gasteiger partial charge in [0.1, 0.15) is 5.75 Å². The normalized spacial score (nSPS) is 9.93. The largest absolute Gasteiger partial charge is 0.495 e. The molecular formula is C11H12BrNO2. The van der Waals surface area contributed by atoms with Gasteiger partial charge in [0, 0.05) is 0 Å². The monoisotopic (exact) mass is 269 g/mol. The van der Waals surface area contributed by atoms with Gasteiger partial charge in [0.15, 0.2) is 0 Å². The molecule has 0 saturated heterocycles. The van der Waals surface area contributed by atoms with Gasteiger partial charge >= 0.3 is 0 Å². The molecule has 80 valence electrons. The zero-order valence-corrected chi connectivity index (χ0v) is 10.5. The van der Waals surface area contributed by atoms with Gasteiger partial charge in [0.25, 0.3) is 0 Å². The van der Waals surface area contributed by atoms with Crippen LogP contribution in [0.25, 0.3) is 0 Å². The molecule has 15 heavy (non-hydrogen) atoms. The second kappa shape index (κ2) is 5.10. The third kappa shape index (κ3) is 2.67. The third-order valence-electron chi connectivity index (χ3n) is 2.06. The fourth-order valence-corrected chi connectivity index (χ4v) is 1.99. The van der Waals surface area contributed by atoms with Gasteiger partial charge in [-0.2, -0.15) is 4.99 Å². The predicted molar refractivity (Wildman–Crippen MR) is 62.6 cm³/mol. The quantitative estimate of drug-likeness (QED) is 0.622. The molecule has 0 heterocycles. The highest BCUT2D eigenvalue weighted by molar-refractivity contribution is 9.10. The summed E-state index contributed by atoms with van der Waals surface area (Å²) < 4.78 is 6.08. The summed E-state index contributed by atoms with van der Waals surface area (Å²) in [6.45, 7) is 4.11. The summed E-state index contributed by atoms with van der Waals surface area (Å²) in [6, 6.07) is 3.56. The van der Waals surface area contributed by atoms with E-state index in [-0.39, 0.29) is 0 Å². The second-order valence-electron chi connectivity index (χ2n) is 3.41. The Bertz CT molecular complexity index is 409. The number of isocyanates is 1. The molecule has 0 amide bonds. The summed E-state index contributed by atoms with van der Waals surface area (Å²) in [7, 11) is 1.62. The Kier molecular flexibility index (Phi) is 4.06. The molecule has 0 bridgehead atoms. The molecule has 3 nitrogen and oxygen atoms in total. The minimum atomic E-state index is 0.304. The Morgan fingerprint density at radius 1 is 1.47 bits per heavy atom. The van der Waals surface area contributed by atoms with Crippen molar-refractivity contribution in [3.63, 3.8) is 0 Å². The molecule has 0 radical (unpaired) electrons. The van der Waals surface area contributed by atoms with Crippen LogP contribution in [0.1, 0.15) is 25.3 Å². The van der Waals surface area contributed by atoms with Crippen LogP contribution in [0, 0.1) is 0 Å². The number of methoxy groups -OCH3 is 1. The first-order valence-electron chi connectivity index (χ1n) is 4.55. The van der Waals surface area contributed by atoms with E-state index in [2.05, 4.69) is 34.8 Å². The Morgan fingerprint density at radius 3 is 2.60 bits per heavy atom. The summed E-state index contributed by atoms with van der Waals surface area (Å²) >= 11 is 3.38. The lowest BCUT2D eigenvalue weighted by atomic mass is 10.0.